The average Bonchev–Trinajstić information content (AvgIpc) is 4.12. The summed E-state index contributed by atoms with van der Waals surface area (Å²) in [5.41, 5.74) is 6.42. The maximum absolute atomic E-state index is 2.67. The number of aryl methyl sites for hydroxylation is 4. The SMILES string of the molecule is CCCCCCCCCCc1cc(-c2c3ccsc3c(-c3cc(CCCCCCCCCC)c(CCCCCCCCCC)s3)c3ccsc23)sc1CCCCCCCCCC. The molecular formula is C58H90S4. The van der Waals surface area contributed by atoms with Crippen LogP contribution in [0.1, 0.15) is 254 Å². The van der Waals surface area contributed by atoms with Crippen molar-refractivity contribution in [3.8, 4) is 20.9 Å². The molecular weight excluding hydrogens is 825 g/mol. The van der Waals surface area contributed by atoms with Crippen molar-refractivity contribution in [2.45, 2.75) is 259 Å². The molecule has 0 aliphatic rings. The van der Waals surface area contributed by atoms with Gasteiger partial charge in [0.25, 0.3) is 0 Å². The van der Waals surface area contributed by atoms with Crippen molar-refractivity contribution in [3.05, 3.63) is 55.9 Å². The molecule has 0 N–H and O–H groups in total. The molecule has 0 atom stereocenters. The van der Waals surface area contributed by atoms with Crippen LogP contribution >= 0.6 is 45.3 Å². The highest BCUT2D eigenvalue weighted by Gasteiger charge is 2.23. The van der Waals surface area contributed by atoms with Gasteiger partial charge in [-0.15, -0.1) is 45.3 Å². The van der Waals surface area contributed by atoms with E-state index >= 15 is 0 Å². The number of benzene rings is 1. The van der Waals surface area contributed by atoms with Gasteiger partial charge < -0.3 is 0 Å². The summed E-state index contributed by atoms with van der Waals surface area (Å²) in [5.74, 6) is 0. The summed E-state index contributed by atoms with van der Waals surface area (Å²) in [7, 11) is 0. The van der Waals surface area contributed by atoms with Crippen LogP contribution in [0.3, 0.4) is 0 Å². The summed E-state index contributed by atoms with van der Waals surface area (Å²) in [6.45, 7) is 9.31. The first-order chi connectivity index (χ1) is 30.7. The topological polar surface area (TPSA) is 0 Å². The Morgan fingerprint density at radius 1 is 0.323 bits per heavy atom. The molecule has 4 heterocycles. The van der Waals surface area contributed by atoms with Crippen LogP contribution < -0.4 is 0 Å². The lowest BCUT2D eigenvalue weighted by Gasteiger charge is -2.10. The van der Waals surface area contributed by atoms with E-state index in [0.717, 1.165) is 0 Å². The lowest BCUT2D eigenvalue weighted by molar-refractivity contribution is 0.572. The van der Waals surface area contributed by atoms with Crippen LogP contribution in [0.2, 0.25) is 0 Å². The number of unbranched alkanes of at least 4 members (excludes halogenated alkanes) is 28. The Kier molecular flexibility index (Phi) is 26.1. The third-order valence-corrected chi connectivity index (χ3v) is 18.1. The van der Waals surface area contributed by atoms with Gasteiger partial charge in [-0.2, -0.15) is 0 Å². The zero-order valence-corrected chi connectivity index (χ0v) is 43.8. The minimum absolute atomic E-state index is 1.26. The van der Waals surface area contributed by atoms with E-state index in [2.05, 4.69) is 85.4 Å². The zero-order chi connectivity index (χ0) is 43.5. The van der Waals surface area contributed by atoms with Gasteiger partial charge in [-0.05, 0) is 97.5 Å². The van der Waals surface area contributed by atoms with Crippen molar-refractivity contribution in [1.29, 1.82) is 0 Å². The van der Waals surface area contributed by atoms with E-state index in [4.69, 9.17) is 0 Å². The summed E-state index contributed by atoms with van der Waals surface area (Å²) in [6.07, 6.45) is 49.7. The summed E-state index contributed by atoms with van der Waals surface area (Å²) in [5, 5.41) is 7.80. The van der Waals surface area contributed by atoms with E-state index in [1.165, 1.54) is 272 Å². The molecule has 0 unspecified atom stereocenters. The number of thiophene rings is 4. The third-order valence-electron chi connectivity index (χ3n) is 13.7. The molecule has 0 aliphatic carbocycles. The molecule has 62 heavy (non-hydrogen) atoms. The van der Waals surface area contributed by atoms with Gasteiger partial charge in [0, 0.05) is 50.8 Å². The molecule has 346 valence electrons. The monoisotopic (exact) mass is 915 g/mol. The summed E-state index contributed by atoms with van der Waals surface area (Å²) in [4.78, 5) is 6.46. The Morgan fingerprint density at radius 2 is 0.597 bits per heavy atom. The molecule has 5 aromatic rings. The van der Waals surface area contributed by atoms with Gasteiger partial charge in [-0.25, -0.2) is 0 Å². The largest absolute Gasteiger partial charge is 0.143 e. The standard InChI is InChI=1S/C58H90S4/c1-5-9-13-17-21-25-29-33-37-47-45-53(61-51(47)39-35-31-27-23-19-15-11-7-3)55-49-41-43-60-58(49)56(50-42-44-59-57(50)55)54-46-48(38-34-30-26-22-18-14-10-6-2)52(62-54)40-36-32-28-24-20-16-12-8-4/h41-46H,5-40H2,1-4H3. The van der Waals surface area contributed by atoms with Gasteiger partial charge in [0.05, 0.1) is 0 Å². The first-order valence-corrected chi connectivity index (χ1v) is 30.2. The Morgan fingerprint density at radius 3 is 0.903 bits per heavy atom. The molecule has 0 aliphatic heterocycles. The van der Waals surface area contributed by atoms with Crippen molar-refractivity contribution in [1.82, 2.24) is 0 Å². The minimum atomic E-state index is 1.26. The molecule has 0 fully saturated rings. The van der Waals surface area contributed by atoms with Gasteiger partial charge in [0.1, 0.15) is 0 Å². The van der Waals surface area contributed by atoms with E-state index in [-0.39, 0.29) is 0 Å². The van der Waals surface area contributed by atoms with Crippen molar-refractivity contribution in [2.75, 3.05) is 0 Å². The van der Waals surface area contributed by atoms with Crippen molar-refractivity contribution >= 4 is 65.5 Å². The van der Waals surface area contributed by atoms with Gasteiger partial charge in [0.2, 0.25) is 0 Å². The van der Waals surface area contributed by atoms with Crippen LogP contribution in [0.5, 0.6) is 0 Å². The van der Waals surface area contributed by atoms with Crippen molar-refractivity contribution in [2.24, 2.45) is 0 Å². The van der Waals surface area contributed by atoms with E-state index in [9.17, 15) is 0 Å². The van der Waals surface area contributed by atoms with Crippen molar-refractivity contribution in [3.63, 3.8) is 0 Å². The summed E-state index contributed by atoms with van der Waals surface area (Å²) < 4.78 is 3.04. The van der Waals surface area contributed by atoms with Crippen LogP contribution in [0.4, 0.5) is 0 Å². The van der Waals surface area contributed by atoms with Crippen LogP contribution in [0.15, 0.2) is 35.0 Å². The number of rotatable bonds is 38. The van der Waals surface area contributed by atoms with E-state index in [1.807, 2.05) is 22.7 Å². The van der Waals surface area contributed by atoms with Gasteiger partial charge >= 0.3 is 0 Å². The van der Waals surface area contributed by atoms with Gasteiger partial charge in [0.15, 0.2) is 0 Å². The predicted molar refractivity (Wildman–Crippen MR) is 289 cm³/mol. The molecule has 5 rings (SSSR count). The van der Waals surface area contributed by atoms with E-state index in [1.54, 1.807) is 20.9 Å². The Hall–Kier alpha value is -1.46. The second kappa shape index (κ2) is 31.5. The summed E-state index contributed by atoms with van der Waals surface area (Å²) >= 11 is 8.31. The second-order valence-electron chi connectivity index (χ2n) is 19.1. The number of hydrogen-bond donors (Lipinski definition) is 0. The maximum Gasteiger partial charge on any atom is 0.0442 e. The highest BCUT2D eigenvalue weighted by Crippen LogP contribution is 2.51. The zero-order valence-electron chi connectivity index (χ0n) is 40.6. The molecule has 0 saturated heterocycles. The Bertz CT molecular complexity index is 1620. The lowest BCUT2D eigenvalue weighted by Crippen LogP contribution is -1.91. The van der Waals surface area contributed by atoms with E-state index < -0.39 is 0 Å². The second-order valence-corrected chi connectivity index (χ2v) is 23.2. The smallest absolute Gasteiger partial charge is 0.0442 e. The first-order valence-electron chi connectivity index (χ1n) is 26.8. The molecule has 0 amide bonds. The quantitative estimate of drug-likeness (QED) is 0.0346. The molecule has 0 nitrogen and oxygen atoms in total. The fourth-order valence-electron chi connectivity index (χ4n) is 9.90. The average molecular weight is 916 g/mol. The number of hydrogen-bond acceptors (Lipinski definition) is 4. The fourth-order valence-corrected chi connectivity index (χ4v) is 14.6. The lowest BCUT2D eigenvalue weighted by atomic mass is 9.97. The molecule has 0 saturated carbocycles. The highest BCUT2D eigenvalue weighted by molar-refractivity contribution is 7.22. The molecule has 4 heteroatoms. The maximum atomic E-state index is 2.67. The van der Waals surface area contributed by atoms with Crippen molar-refractivity contribution < 1.29 is 0 Å². The predicted octanol–water partition coefficient (Wildman–Crippen LogP) is 22.3. The van der Waals surface area contributed by atoms with Gasteiger partial charge in [-0.1, -0.05) is 207 Å². The summed E-state index contributed by atoms with van der Waals surface area (Å²) in [6, 6.07) is 10.3. The third kappa shape index (κ3) is 17.1. The van der Waals surface area contributed by atoms with Crippen LogP contribution in [-0.4, -0.2) is 0 Å². The molecule has 1 aromatic carbocycles. The molecule has 4 aromatic heterocycles. The van der Waals surface area contributed by atoms with Crippen LogP contribution in [0, 0.1) is 0 Å². The Balaban J connectivity index is 1.36. The molecule has 0 bridgehead atoms. The first kappa shape index (κ1) is 51.5. The van der Waals surface area contributed by atoms with Crippen LogP contribution in [-0.2, 0) is 25.7 Å². The highest BCUT2D eigenvalue weighted by atomic mass is 32.1. The minimum Gasteiger partial charge on any atom is -0.143 e. The number of fused-ring (bicyclic) bond motifs is 2. The van der Waals surface area contributed by atoms with E-state index in [0.29, 0.717) is 0 Å². The normalized spacial score (nSPS) is 11.9. The molecule has 0 spiro atoms. The van der Waals surface area contributed by atoms with Gasteiger partial charge in [-0.3, -0.25) is 0 Å². The fraction of sp³-hybridized carbons (Fsp3) is 0.690. The van der Waals surface area contributed by atoms with Crippen LogP contribution in [0.25, 0.3) is 41.1 Å². The Labute approximate surface area is 398 Å². The molecule has 0 radical (unpaired) electrons.